The summed E-state index contributed by atoms with van der Waals surface area (Å²) < 4.78 is 26.9. The van der Waals surface area contributed by atoms with Crippen molar-refractivity contribution >= 4 is 33.0 Å². The van der Waals surface area contributed by atoms with Crippen LogP contribution < -0.4 is 4.72 Å². The zero-order valence-electron chi connectivity index (χ0n) is 13.0. The number of hydrogen-bond donors (Lipinski definition) is 1. The van der Waals surface area contributed by atoms with E-state index < -0.39 is 10.0 Å². The summed E-state index contributed by atoms with van der Waals surface area (Å²) in [4.78, 5) is 10.6. The molecule has 2 aromatic heterocycles. The predicted octanol–water partition coefficient (Wildman–Crippen LogP) is 2.51. The Morgan fingerprint density at radius 3 is 2.65 bits per heavy atom. The standard InChI is InChI=1S/C14H19ClN4O2S2/c1-3-19(4-2)9-11-10-22-14(18-11)8-17-23(20,21)12-5-6-13(15)16-7-12/h5-7,10,17H,3-4,8-9H2,1-2H3. The summed E-state index contributed by atoms with van der Waals surface area (Å²) in [5.41, 5.74) is 0.959. The topological polar surface area (TPSA) is 75.2 Å². The largest absolute Gasteiger partial charge is 0.298 e. The number of halogens is 1. The Hall–Kier alpha value is -1.06. The first kappa shape index (κ1) is 18.3. The molecule has 0 saturated heterocycles. The number of nitrogens with zero attached hydrogens (tertiary/aromatic N) is 3. The average molecular weight is 375 g/mol. The first-order chi connectivity index (χ1) is 10.9. The number of aromatic nitrogens is 2. The molecule has 126 valence electrons. The fourth-order valence-corrected chi connectivity index (χ4v) is 3.80. The summed E-state index contributed by atoms with van der Waals surface area (Å²) in [5, 5.41) is 2.95. The van der Waals surface area contributed by atoms with E-state index in [1.807, 2.05) is 5.38 Å². The van der Waals surface area contributed by atoms with E-state index in [4.69, 9.17) is 11.6 Å². The van der Waals surface area contributed by atoms with Crippen LogP contribution in [0.15, 0.2) is 28.6 Å². The molecule has 0 spiro atoms. The lowest BCUT2D eigenvalue weighted by Gasteiger charge is -2.15. The van der Waals surface area contributed by atoms with Crippen LogP contribution in [0.2, 0.25) is 5.15 Å². The van der Waals surface area contributed by atoms with Crippen LogP contribution in [0.4, 0.5) is 0 Å². The highest BCUT2D eigenvalue weighted by atomic mass is 35.5. The lowest BCUT2D eigenvalue weighted by Crippen LogP contribution is -2.24. The highest BCUT2D eigenvalue weighted by molar-refractivity contribution is 7.89. The monoisotopic (exact) mass is 374 g/mol. The number of hydrogen-bond acceptors (Lipinski definition) is 6. The summed E-state index contributed by atoms with van der Waals surface area (Å²) in [6.45, 7) is 7.06. The van der Waals surface area contributed by atoms with E-state index in [0.29, 0.717) is 0 Å². The molecule has 2 rings (SSSR count). The van der Waals surface area contributed by atoms with Crippen LogP contribution >= 0.6 is 22.9 Å². The molecule has 23 heavy (non-hydrogen) atoms. The number of rotatable bonds is 8. The van der Waals surface area contributed by atoms with Gasteiger partial charge in [0.2, 0.25) is 10.0 Å². The highest BCUT2D eigenvalue weighted by Crippen LogP contribution is 2.14. The van der Waals surface area contributed by atoms with Gasteiger partial charge in [-0.2, -0.15) is 0 Å². The Morgan fingerprint density at radius 2 is 2.04 bits per heavy atom. The molecule has 0 fully saturated rings. The third-order valence-corrected chi connectivity index (χ3v) is 5.81. The molecule has 0 aliphatic heterocycles. The van der Waals surface area contributed by atoms with Gasteiger partial charge in [-0.3, -0.25) is 4.90 Å². The number of thiazole rings is 1. The van der Waals surface area contributed by atoms with E-state index in [1.165, 1.54) is 29.7 Å². The Bertz CT molecular complexity index is 727. The van der Waals surface area contributed by atoms with Crippen LogP contribution in [0, 0.1) is 0 Å². The van der Waals surface area contributed by atoms with Crippen LogP contribution in [0.1, 0.15) is 24.5 Å². The number of sulfonamides is 1. The minimum Gasteiger partial charge on any atom is -0.298 e. The first-order valence-electron chi connectivity index (χ1n) is 7.21. The zero-order chi connectivity index (χ0) is 16.9. The van der Waals surface area contributed by atoms with Gasteiger partial charge in [0.25, 0.3) is 0 Å². The molecule has 0 amide bonds. The Kier molecular flexibility index (Phi) is 6.49. The van der Waals surface area contributed by atoms with Crippen LogP contribution in [-0.4, -0.2) is 36.4 Å². The lowest BCUT2D eigenvalue weighted by molar-refractivity contribution is 0.292. The Balaban J connectivity index is 1.98. The van der Waals surface area contributed by atoms with Gasteiger partial charge >= 0.3 is 0 Å². The maximum absolute atomic E-state index is 12.2. The first-order valence-corrected chi connectivity index (χ1v) is 9.95. The smallest absolute Gasteiger partial charge is 0.242 e. The molecule has 6 nitrogen and oxygen atoms in total. The van der Waals surface area contributed by atoms with Gasteiger partial charge in [-0.1, -0.05) is 25.4 Å². The van der Waals surface area contributed by atoms with Gasteiger partial charge < -0.3 is 0 Å². The van der Waals surface area contributed by atoms with E-state index in [-0.39, 0.29) is 16.6 Å². The van der Waals surface area contributed by atoms with Gasteiger partial charge in [-0.05, 0) is 25.2 Å². The van der Waals surface area contributed by atoms with Gasteiger partial charge in [-0.15, -0.1) is 11.3 Å². The van der Waals surface area contributed by atoms with Crippen LogP contribution in [0.25, 0.3) is 0 Å². The van der Waals surface area contributed by atoms with Crippen molar-refractivity contribution in [1.82, 2.24) is 19.6 Å². The summed E-state index contributed by atoms with van der Waals surface area (Å²) in [6.07, 6.45) is 1.23. The molecular formula is C14H19ClN4O2S2. The SMILES string of the molecule is CCN(CC)Cc1csc(CNS(=O)(=O)c2ccc(Cl)nc2)n1. The van der Waals surface area contributed by atoms with Gasteiger partial charge in [0.15, 0.2) is 0 Å². The number of pyridine rings is 1. The third kappa shape index (κ3) is 5.22. The fraction of sp³-hybridized carbons (Fsp3) is 0.429. The number of nitrogens with one attached hydrogen (secondary N) is 1. The minimum atomic E-state index is -3.61. The molecule has 9 heteroatoms. The normalized spacial score (nSPS) is 12.0. The van der Waals surface area contributed by atoms with Crippen molar-refractivity contribution in [3.63, 3.8) is 0 Å². The molecule has 0 bridgehead atoms. The summed E-state index contributed by atoms with van der Waals surface area (Å²) in [7, 11) is -3.61. The average Bonchev–Trinajstić information content (AvgIpc) is 2.99. The molecule has 0 atom stereocenters. The summed E-state index contributed by atoms with van der Waals surface area (Å²) >= 11 is 7.11. The van der Waals surface area contributed by atoms with Crippen molar-refractivity contribution < 1.29 is 8.42 Å². The van der Waals surface area contributed by atoms with E-state index >= 15 is 0 Å². The molecular weight excluding hydrogens is 356 g/mol. The van der Waals surface area contributed by atoms with E-state index in [9.17, 15) is 8.42 Å². The molecule has 2 aromatic rings. The third-order valence-electron chi connectivity index (χ3n) is 3.30. The summed E-state index contributed by atoms with van der Waals surface area (Å²) in [5.74, 6) is 0. The van der Waals surface area contributed by atoms with Crippen molar-refractivity contribution in [3.05, 3.63) is 39.6 Å². The Morgan fingerprint density at radius 1 is 1.30 bits per heavy atom. The van der Waals surface area contributed by atoms with Gasteiger partial charge in [-0.25, -0.2) is 23.1 Å². The molecule has 0 unspecified atom stereocenters. The van der Waals surface area contributed by atoms with E-state index in [2.05, 4.69) is 33.4 Å². The van der Waals surface area contributed by atoms with Crippen LogP contribution in [0.3, 0.4) is 0 Å². The molecule has 2 heterocycles. The maximum atomic E-state index is 12.2. The molecule has 0 aliphatic carbocycles. The predicted molar refractivity (Wildman–Crippen MR) is 92.0 cm³/mol. The molecule has 0 aromatic carbocycles. The zero-order valence-corrected chi connectivity index (χ0v) is 15.4. The molecule has 0 saturated carbocycles. The lowest BCUT2D eigenvalue weighted by atomic mass is 10.4. The van der Waals surface area contributed by atoms with Gasteiger partial charge in [0.1, 0.15) is 15.1 Å². The second-order valence-electron chi connectivity index (χ2n) is 4.84. The molecule has 1 N–H and O–H groups in total. The Labute approximate surface area is 145 Å². The van der Waals surface area contributed by atoms with Crippen LogP contribution in [-0.2, 0) is 23.1 Å². The van der Waals surface area contributed by atoms with E-state index in [1.54, 1.807) is 0 Å². The second-order valence-corrected chi connectivity index (χ2v) is 7.93. The van der Waals surface area contributed by atoms with Gasteiger partial charge in [0, 0.05) is 18.1 Å². The fourth-order valence-electron chi connectivity index (χ4n) is 1.94. The van der Waals surface area contributed by atoms with E-state index in [0.717, 1.165) is 30.3 Å². The quantitative estimate of drug-likeness (QED) is 0.718. The minimum absolute atomic E-state index is 0.0850. The maximum Gasteiger partial charge on any atom is 0.242 e. The van der Waals surface area contributed by atoms with Gasteiger partial charge in [0.05, 0.1) is 12.2 Å². The molecule has 0 radical (unpaired) electrons. The summed E-state index contributed by atoms with van der Waals surface area (Å²) in [6, 6.07) is 2.87. The van der Waals surface area contributed by atoms with Crippen molar-refractivity contribution in [2.75, 3.05) is 13.1 Å². The van der Waals surface area contributed by atoms with Crippen molar-refractivity contribution in [2.45, 2.75) is 31.8 Å². The highest BCUT2D eigenvalue weighted by Gasteiger charge is 2.15. The van der Waals surface area contributed by atoms with Crippen LogP contribution in [0.5, 0.6) is 0 Å². The molecule has 0 aliphatic rings. The van der Waals surface area contributed by atoms with Crippen molar-refractivity contribution in [1.29, 1.82) is 0 Å². The van der Waals surface area contributed by atoms with Crippen molar-refractivity contribution in [2.24, 2.45) is 0 Å². The van der Waals surface area contributed by atoms with Crippen molar-refractivity contribution in [3.8, 4) is 0 Å². The second kappa shape index (κ2) is 8.16.